The fraction of sp³-hybridized carbons (Fsp3) is 0.227. The zero-order valence-corrected chi connectivity index (χ0v) is 13.9. The molecule has 2 aromatic rings. The van der Waals surface area contributed by atoms with Crippen molar-refractivity contribution in [2.24, 2.45) is 0 Å². The molecule has 1 fully saturated rings. The Balaban J connectivity index is 1.64. The summed E-state index contributed by atoms with van der Waals surface area (Å²) in [5, 5.41) is 0. The van der Waals surface area contributed by atoms with Crippen molar-refractivity contribution in [3.8, 4) is 0 Å². The SMILES string of the molecule is C=C(c1ccccc1)[C@H]1CO[C@@]2(c3ccccc3)C=CC(=O)C[C@H]2O1. The minimum atomic E-state index is -0.706. The Morgan fingerprint density at radius 3 is 2.44 bits per heavy atom. The third-order valence-corrected chi connectivity index (χ3v) is 4.94. The fourth-order valence-electron chi connectivity index (χ4n) is 3.55. The van der Waals surface area contributed by atoms with Gasteiger partial charge < -0.3 is 9.47 Å². The van der Waals surface area contributed by atoms with E-state index < -0.39 is 5.60 Å². The van der Waals surface area contributed by atoms with Crippen LogP contribution in [0.1, 0.15) is 17.5 Å². The maximum absolute atomic E-state index is 12.0. The van der Waals surface area contributed by atoms with E-state index in [-0.39, 0.29) is 18.0 Å². The molecule has 0 bridgehead atoms. The molecular weight excluding hydrogens is 312 g/mol. The topological polar surface area (TPSA) is 35.5 Å². The van der Waals surface area contributed by atoms with E-state index in [0.717, 1.165) is 16.7 Å². The van der Waals surface area contributed by atoms with Crippen LogP contribution < -0.4 is 0 Å². The lowest BCUT2D eigenvalue weighted by Crippen LogP contribution is -2.53. The summed E-state index contributed by atoms with van der Waals surface area (Å²) in [6.45, 7) is 4.59. The van der Waals surface area contributed by atoms with Crippen LogP contribution in [-0.2, 0) is 19.9 Å². The Kier molecular flexibility index (Phi) is 4.12. The van der Waals surface area contributed by atoms with Gasteiger partial charge in [-0.25, -0.2) is 0 Å². The van der Waals surface area contributed by atoms with Gasteiger partial charge in [0.25, 0.3) is 0 Å². The highest BCUT2D eigenvalue weighted by molar-refractivity contribution is 5.91. The summed E-state index contributed by atoms with van der Waals surface area (Å²) in [4.78, 5) is 12.0. The Hall–Kier alpha value is -2.49. The second kappa shape index (κ2) is 6.43. The molecule has 3 heteroatoms. The number of carbonyl (C=O) groups is 1. The van der Waals surface area contributed by atoms with E-state index in [4.69, 9.17) is 9.47 Å². The van der Waals surface area contributed by atoms with E-state index >= 15 is 0 Å². The molecular formula is C22H20O3. The highest BCUT2D eigenvalue weighted by Gasteiger charge is 2.48. The zero-order valence-electron chi connectivity index (χ0n) is 13.9. The van der Waals surface area contributed by atoms with E-state index in [1.165, 1.54) is 0 Å². The van der Waals surface area contributed by atoms with Crippen molar-refractivity contribution >= 4 is 11.4 Å². The van der Waals surface area contributed by atoms with Crippen molar-refractivity contribution in [3.05, 3.63) is 90.5 Å². The van der Waals surface area contributed by atoms with Gasteiger partial charge >= 0.3 is 0 Å². The van der Waals surface area contributed by atoms with Crippen LogP contribution in [0.2, 0.25) is 0 Å². The molecule has 25 heavy (non-hydrogen) atoms. The average Bonchev–Trinajstić information content (AvgIpc) is 2.68. The number of allylic oxidation sites excluding steroid dienone is 1. The molecule has 0 radical (unpaired) electrons. The zero-order chi connectivity index (χ0) is 17.3. The molecule has 0 amide bonds. The van der Waals surface area contributed by atoms with Crippen molar-refractivity contribution in [3.63, 3.8) is 0 Å². The first kappa shape index (κ1) is 16.0. The van der Waals surface area contributed by atoms with Gasteiger partial charge in [0.2, 0.25) is 0 Å². The summed E-state index contributed by atoms with van der Waals surface area (Å²) >= 11 is 0. The first-order valence-electron chi connectivity index (χ1n) is 8.50. The molecule has 1 saturated heterocycles. The molecule has 0 aromatic heterocycles. The van der Waals surface area contributed by atoms with Crippen molar-refractivity contribution in [2.45, 2.75) is 24.2 Å². The highest BCUT2D eigenvalue weighted by atomic mass is 16.6. The molecule has 2 aromatic carbocycles. The van der Waals surface area contributed by atoms with Crippen LogP contribution in [0.15, 0.2) is 79.4 Å². The first-order valence-corrected chi connectivity index (χ1v) is 8.50. The number of rotatable bonds is 3. The van der Waals surface area contributed by atoms with E-state index in [0.29, 0.717) is 13.0 Å². The van der Waals surface area contributed by atoms with Crippen LogP contribution in [0.25, 0.3) is 5.57 Å². The van der Waals surface area contributed by atoms with Crippen LogP contribution in [-0.4, -0.2) is 24.6 Å². The number of hydrogen-bond acceptors (Lipinski definition) is 3. The molecule has 0 N–H and O–H groups in total. The van der Waals surface area contributed by atoms with E-state index in [1.54, 1.807) is 6.08 Å². The predicted molar refractivity (Wildman–Crippen MR) is 97.0 cm³/mol. The molecule has 1 aliphatic carbocycles. The number of benzene rings is 2. The normalized spacial score (nSPS) is 28.4. The van der Waals surface area contributed by atoms with Crippen LogP contribution in [0.5, 0.6) is 0 Å². The number of hydrogen-bond donors (Lipinski definition) is 0. The maximum atomic E-state index is 12.0. The van der Waals surface area contributed by atoms with Gasteiger partial charge in [0.15, 0.2) is 5.78 Å². The molecule has 0 spiro atoms. The Labute approximate surface area is 147 Å². The highest BCUT2D eigenvalue weighted by Crippen LogP contribution is 2.42. The largest absolute Gasteiger partial charge is 0.364 e. The third kappa shape index (κ3) is 2.86. The minimum Gasteiger partial charge on any atom is -0.364 e. The summed E-state index contributed by atoms with van der Waals surface area (Å²) in [5.41, 5.74) is 2.21. The lowest BCUT2D eigenvalue weighted by Gasteiger charge is -2.46. The molecule has 1 aliphatic heterocycles. The lowest BCUT2D eigenvalue weighted by atomic mass is 9.80. The minimum absolute atomic E-state index is 0.0612. The summed E-state index contributed by atoms with van der Waals surface area (Å²) in [5.74, 6) is 0.0612. The van der Waals surface area contributed by atoms with Crippen LogP contribution in [0, 0.1) is 0 Å². The molecule has 2 aliphatic rings. The number of fused-ring (bicyclic) bond motifs is 1. The Morgan fingerprint density at radius 2 is 1.72 bits per heavy atom. The molecule has 1 heterocycles. The van der Waals surface area contributed by atoms with Crippen LogP contribution in [0.3, 0.4) is 0 Å². The smallest absolute Gasteiger partial charge is 0.158 e. The molecule has 0 saturated carbocycles. The van der Waals surface area contributed by atoms with Crippen LogP contribution in [0.4, 0.5) is 0 Å². The number of carbonyl (C=O) groups excluding carboxylic acids is 1. The maximum Gasteiger partial charge on any atom is 0.158 e. The van der Waals surface area contributed by atoms with E-state index in [2.05, 4.69) is 6.58 Å². The quantitative estimate of drug-likeness (QED) is 0.855. The fourth-order valence-corrected chi connectivity index (χ4v) is 3.55. The van der Waals surface area contributed by atoms with Crippen molar-refractivity contribution < 1.29 is 14.3 Å². The Bertz CT molecular complexity index is 810. The first-order chi connectivity index (χ1) is 12.2. The average molecular weight is 332 g/mol. The summed E-state index contributed by atoms with van der Waals surface area (Å²) in [6.07, 6.45) is 3.15. The number of ether oxygens (including phenoxy) is 2. The number of ketones is 1. The molecule has 4 rings (SSSR count). The van der Waals surface area contributed by atoms with Gasteiger partial charge in [-0.1, -0.05) is 67.2 Å². The monoisotopic (exact) mass is 332 g/mol. The summed E-state index contributed by atoms with van der Waals surface area (Å²) in [6, 6.07) is 19.9. The van der Waals surface area contributed by atoms with Gasteiger partial charge in [-0.15, -0.1) is 0 Å². The molecule has 3 atom stereocenters. The van der Waals surface area contributed by atoms with Gasteiger partial charge in [-0.2, -0.15) is 0 Å². The van der Waals surface area contributed by atoms with Crippen molar-refractivity contribution in [2.75, 3.05) is 6.61 Å². The standard InChI is InChI=1S/C22H20O3/c1-16(17-8-4-2-5-9-17)20-15-24-22(18-10-6-3-7-11-18)13-12-19(23)14-21(22)25-20/h2-13,20-21H,1,14-15H2/t20-,21-,22-/m1/s1. The van der Waals surface area contributed by atoms with Crippen molar-refractivity contribution in [1.82, 2.24) is 0 Å². The van der Waals surface area contributed by atoms with Gasteiger partial charge in [-0.05, 0) is 28.9 Å². The summed E-state index contributed by atoms with van der Waals surface area (Å²) in [7, 11) is 0. The predicted octanol–water partition coefficient (Wildman–Crippen LogP) is 3.91. The van der Waals surface area contributed by atoms with Crippen LogP contribution >= 0.6 is 0 Å². The Morgan fingerprint density at radius 1 is 1.04 bits per heavy atom. The van der Waals surface area contributed by atoms with E-state index in [1.807, 2.05) is 66.7 Å². The molecule has 126 valence electrons. The lowest BCUT2D eigenvalue weighted by molar-refractivity contribution is -0.208. The molecule has 3 nitrogen and oxygen atoms in total. The summed E-state index contributed by atoms with van der Waals surface area (Å²) < 4.78 is 12.7. The third-order valence-electron chi connectivity index (χ3n) is 4.94. The second-order valence-corrected chi connectivity index (χ2v) is 6.48. The second-order valence-electron chi connectivity index (χ2n) is 6.48. The molecule has 0 unspecified atom stereocenters. The van der Waals surface area contributed by atoms with Gasteiger partial charge in [-0.3, -0.25) is 4.79 Å². The van der Waals surface area contributed by atoms with Crippen molar-refractivity contribution in [1.29, 1.82) is 0 Å². The van der Waals surface area contributed by atoms with E-state index in [9.17, 15) is 4.79 Å². The van der Waals surface area contributed by atoms with Gasteiger partial charge in [0, 0.05) is 6.42 Å². The van der Waals surface area contributed by atoms with Gasteiger partial charge in [0.1, 0.15) is 17.8 Å². The van der Waals surface area contributed by atoms with Gasteiger partial charge in [0.05, 0.1) is 6.61 Å².